The molecule has 0 heterocycles. The SMILES string of the molecule is O=[N+]([O-])c1ccc(Oc2cccc([B-](F)(F)F)c2)cc1.[K+]. The van der Waals surface area contributed by atoms with Crippen molar-refractivity contribution in [3.8, 4) is 11.5 Å². The van der Waals surface area contributed by atoms with Crippen molar-refractivity contribution in [3.05, 3.63) is 58.6 Å². The molecule has 0 spiro atoms. The molecule has 2 aromatic carbocycles. The van der Waals surface area contributed by atoms with Gasteiger partial charge in [0.2, 0.25) is 0 Å². The molecule has 0 unspecified atom stereocenters. The normalized spacial score (nSPS) is 10.6. The summed E-state index contributed by atoms with van der Waals surface area (Å²) in [5, 5.41) is 10.5. The van der Waals surface area contributed by atoms with Gasteiger partial charge in [-0.2, -0.15) is 0 Å². The third-order valence-electron chi connectivity index (χ3n) is 2.52. The molecule has 0 N–H and O–H groups in total. The minimum atomic E-state index is -5.09. The van der Waals surface area contributed by atoms with E-state index in [9.17, 15) is 23.1 Å². The second kappa shape index (κ2) is 7.41. The first-order chi connectivity index (χ1) is 9.36. The van der Waals surface area contributed by atoms with Crippen molar-refractivity contribution in [2.75, 3.05) is 0 Å². The topological polar surface area (TPSA) is 52.4 Å². The summed E-state index contributed by atoms with van der Waals surface area (Å²) < 4.78 is 43.0. The molecule has 2 aromatic rings. The quantitative estimate of drug-likeness (QED) is 0.467. The fourth-order valence-electron chi connectivity index (χ4n) is 1.55. The molecule has 0 aliphatic rings. The van der Waals surface area contributed by atoms with Crippen LogP contribution in [0, 0.1) is 10.1 Å². The third kappa shape index (κ3) is 5.12. The maximum atomic E-state index is 12.6. The molecule has 104 valence electrons. The number of nitro benzene ring substituents is 1. The number of nitrogens with zero attached hydrogens (tertiary/aromatic N) is 1. The molecule has 21 heavy (non-hydrogen) atoms. The molecule has 0 aliphatic carbocycles. The van der Waals surface area contributed by atoms with Crippen LogP contribution in [0.5, 0.6) is 11.5 Å². The van der Waals surface area contributed by atoms with Crippen LogP contribution >= 0.6 is 0 Å². The Morgan fingerprint density at radius 2 is 1.62 bits per heavy atom. The maximum absolute atomic E-state index is 12.6. The van der Waals surface area contributed by atoms with E-state index >= 15 is 0 Å². The van der Waals surface area contributed by atoms with Crippen LogP contribution in [0.15, 0.2) is 48.5 Å². The van der Waals surface area contributed by atoms with E-state index in [1.807, 2.05) is 0 Å². The summed E-state index contributed by atoms with van der Waals surface area (Å²) in [4.78, 5) is 9.89. The van der Waals surface area contributed by atoms with Gasteiger partial charge in [-0.25, -0.2) is 0 Å². The van der Waals surface area contributed by atoms with E-state index in [1.165, 1.54) is 36.4 Å². The second-order valence-corrected chi connectivity index (χ2v) is 4.00. The van der Waals surface area contributed by atoms with Crippen molar-refractivity contribution in [2.45, 2.75) is 0 Å². The van der Waals surface area contributed by atoms with E-state index in [0.717, 1.165) is 12.1 Å². The van der Waals surface area contributed by atoms with Crippen LogP contribution in [-0.4, -0.2) is 11.9 Å². The number of hydrogen-bond acceptors (Lipinski definition) is 3. The summed E-state index contributed by atoms with van der Waals surface area (Å²) in [5.41, 5.74) is -0.880. The number of halogens is 3. The molecule has 0 fully saturated rings. The Labute approximate surface area is 160 Å². The van der Waals surface area contributed by atoms with Gasteiger partial charge in [-0.15, -0.1) is 5.46 Å². The van der Waals surface area contributed by atoms with Gasteiger partial charge >= 0.3 is 58.4 Å². The van der Waals surface area contributed by atoms with Crippen LogP contribution in [-0.2, 0) is 0 Å². The van der Waals surface area contributed by atoms with Crippen molar-refractivity contribution in [3.63, 3.8) is 0 Å². The molecule has 2 rings (SSSR count). The molecule has 0 bridgehead atoms. The minimum Gasteiger partial charge on any atom is -0.457 e. The molecule has 4 nitrogen and oxygen atoms in total. The van der Waals surface area contributed by atoms with Crippen LogP contribution in [0.1, 0.15) is 0 Å². The fraction of sp³-hybridized carbons (Fsp3) is 0. The average Bonchev–Trinajstić information content (AvgIpc) is 2.38. The Morgan fingerprint density at radius 1 is 1.00 bits per heavy atom. The Balaban J connectivity index is 0.00000220. The minimum absolute atomic E-state index is 0. The number of hydrogen-bond donors (Lipinski definition) is 0. The van der Waals surface area contributed by atoms with Crippen molar-refractivity contribution < 1.29 is 74.0 Å². The molecule has 0 saturated carbocycles. The average molecular weight is 321 g/mol. The van der Waals surface area contributed by atoms with Gasteiger partial charge in [0.25, 0.3) is 5.69 Å². The number of rotatable bonds is 4. The van der Waals surface area contributed by atoms with Crippen LogP contribution in [0.4, 0.5) is 18.6 Å². The number of ether oxygens (including phenoxy) is 1. The molecule has 0 saturated heterocycles. The maximum Gasteiger partial charge on any atom is 1.00 e. The summed E-state index contributed by atoms with van der Waals surface area (Å²) in [6, 6.07) is 9.55. The van der Waals surface area contributed by atoms with Gasteiger partial charge in [-0.1, -0.05) is 12.1 Å². The zero-order valence-corrected chi connectivity index (χ0v) is 14.1. The Hall–Kier alpha value is -0.869. The summed E-state index contributed by atoms with van der Waals surface area (Å²) in [7, 11) is 0. The van der Waals surface area contributed by atoms with Gasteiger partial charge in [0, 0.05) is 12.1 Å². The van der Waals surface area contributed by atoms with Gasteiger partial charge in [0.15, 0.2) is 0 Å². The standard InChI is InChI=1S/C12H8BF3NO3.K/c14-13(15,16)9-2-1-3-12(8-9)20-11-6-4-10(5-7-11)17(18)19;/h1-8H;/q-1;+1. The van der Waals surface area contributed by atoms with E-state index in [-0.39, 0.29) is 68.6 Å². The van der Waals surface area contributed by atoms with E-state index < -0.39 is 17.4 Å². The molecule has 9 heteroatoms. The van der Waals surface area contributed by atoms with Crippen LogP contribution < -0.4 is 61.6 Å². The Morgan fingerprint density at radius 3 is 2.14 bits per heavy atom. The molecule has 0 radical (unpaired) electrons. The number of nitro groups is 1. The van der Waals surface area contributed by atoms with Crippen molar-refractivity contribution >= 4 is 18.1 Å². The van der Waals surface area contributed by atoms with Crippen molar-refractivity contribution in [2.24, 2.45) is 0 Å². The molecule has 0 aliphatic heterocycles. The predicted octanol–water partition coefficient (Wildman–Crippen LogP) is 0.446. The fourth-order valence-corrected chi connectivity index (χ4v) is 1.55. The van der Waals surface area contributed by atoms with E-state index in [4.69, 9.17) is 4.74 Å². The van der Waals surface area contributed by atoms with Gasteiger partial charge in [0.05, 0.1) is 4.92 Å². The monoisotopic (exact) mass is 321 g/mol. The van der Waals surface area contributed by atoms with Gasteiger partial charge in [-0.05, 0) is 24.3 Å². The molecule has 0 aromatic heterocycles. The molecule has 0 atom stereocenters. The first-order valence-electron chi connectivity index (χ1n) is 5.58. The molecule has 0 amide bonds. The third-order valence-corrected chi connectivity index (χ3v) is 2.52. The van der Waals surface area contributed by atoms with Gasteiger partial charge in [0.1, 0.15) is 11.5 Å². The summed E-state index contributed by atoms with van der Waals surface area (Å²) >= 11 is 0. The number of non-ortho nitro benzene ring substituents is 1. The number of benzene rings is 2. The molecular weight excluding hydrogens is 313 g/mol. The summed E-state index contributed by atoms with van der Waals surface area (Å²) in [6.07, 6.45) is 0. The predicted molar refractivity (Wildman–Crippen MR) is 68.3 cm³/mol. The van der Waals surface area contributed by atoms with Crippen LogP contribution in [0.3, 0.4) is 0 Å². The van der Waals surface area contributed by atoms with Crippen molar-refractivity contribution in [1.29, 1.82) is 0 Å². The second-order valence-electron chi connectivity index (χ2n) is 4.00. The zero-order chi connectivity index (χ0) is 14.8. The van der Waals surface area contributed by atoms with Gasteiger partial charge < -0.3 is 17.7 Å². The van der Waals surface area contributed by atoms with Gasteiger partial charge in [-0.3, -0.25) is 10.1 Å². The zero-order valence-electron chi connectivity index (χ0n) is 11.0. The van der Waals surface area contributed by atoms with E-state index in [2.05, 4.69) is 0 Å². The largest absolute Gasteiger partial charge is 1.00 e. The summed E-state index contributed by atoms with van der Waals surface area (Å²) in [5.74, 6) is 0.248. The molecular formula is C12H8BF3KNO3. The first kappa shape index (κ1) is 18.2. The van der Waals surface area contributed by atoms with E-state index in [1.54, 1.807) is 0 Å². The van der Waals surface area contributed by atoms with E-state index in [0.29, 0.717) is 0 Å². The smallest absolute Gasteiger partial charge is 0.457 e. The van der Waals surface area contributed by atoms with Crippen molar-refractivity contribution in [1.82, 2.24) is 0 Å². The summed E-state index contributed by atoms with van der Waals surface area (Å²) in [6.45, 7) is -5.09. The van der Waals surface area contributed by atoms with Crippen LogP contribution in [0.25, 0.3) is 0 Å². The first-order valence-corrected chi connectivity index (χ1v) is 5.58. The Bertz CT molecular complexity index is 634. The van der Waals surface area contributed by atoms with Crippen LogP contribution in [0.2, 0.25) is 0 Å². The Kier molecular flexibility index (Phi) is 6.42.